The largest absolute Gasteiger partial charge is 0.308 e. The smallest absolute Gasteiger partial charge is 0.253 e. The summed E-state index contributed by atoms with van der Waals surface area (Å²) in [6, 6.07) is 0. The summed E-state index contributed by atoms with van der Waals surface area (Å²) in [5.41, 5.74) is 0.222. The lowest BCUT2D eigenvalue weighted by atomic mass is 10.4. The molecule has 1 heterocycles. The quantitative estimate of drug-likeness (QED) is 0.622. The number of nitrogens with one attached hydrogen (secondary N) is 1. The SMILES string of the molecule is Cc1cnc(CF)[nH]c1=O. The molecule has 0 radical (unpaired) electrons. The zero-order valence-electron chi connectivity index (χ0n) is 5.52. The average molecular weight is 142 g/mol. The Kier molecular flexibility index (Phi) is 1.80. The van der Waals surface area contributed by atoms with Crippen LogP contribution in [-0.2, 0) is 6.67 Å². The molecule has 0 amide bonds. The molecule has 0 aliphatic rings. The van der Waals surface area contributed by atoms with E-state index in [0.717, 1.165) is 0 Å². The van der Waals surface area contributed by atoms with Crippen molar-refractivity contribution in [2.45, 2.75) is 13.6 Å². The average Bonchev–Trinajstić information content (AvgIpc) is 1.95. The Morgan fingerprint density at radius 1 is 1.80 bits per heavy atom. The summed E-state index contributed by atoms with van der Waals surface area (Å²) in [6.07, 6.45) is 1.35. The molecule has 1 aromatic heterocycles. The molecule has 10 heavy (non-hydrogen) atoms. The van der Waals surface area contributed by atoms with E-state index in [4.69, 9.17) is 0 Å². The molecule has 0 fully saturated rings. The van der Waals surface area contributed by atoms with E-state index in [-0.39, 0.29) is 11.4 Å². The van der Waals surface area contributed by atoms with E-state index in [1.54, 1.807) is 6.92 Å². The van der Waals surface area contributed by atoms with E-state index in [9.17, 15) is 9.18 Å². The van der Waals surface area contributed by atoms with Crippen molar-refractivity contribution >= 4 is 0 Å². The van der Waals surface area contributed by atoms with E-state index in [1.165, 1.54) is 6.20 Å². The Morgan fingerprint density at radius 3 is 3.00 bits per heavy atom. The van der Waals surface area contributed by atoms with Crippen LogP contribution in [0.3, 0.4) is 0 Å². The molecular weight excluding hydrogens is 135 g/mol. The first-order valence-corrected chi connectivity index (χ1v) is 2.85. The fourth-order valence-corrected chi connectivity index (χ4v) is 0.563. The van der Waals surface area contributed by atoms with E-state index < -0.39 is 6.67 Å². The van der Waals surface area contributed by atoms with Gasteiger partial charge < -0.3 is 4.98 Å². The molecule has 0 saturated heterocycles. The highest BCUT2D eigenvalue weighted by atomic mass is 19.1. The predicted octanol–water partition coefficient (Wildman–Crippen LogP) is 0.548. The van der Waals surface area contributed by atoms with Crippen molar-refractivity contribution in [2.24, 2.45) is 0 Å². The molecule has 0 aliphatic carbocycles. The first kappa shape index (κ1) is 6.92. The zero-order valence-corrected chi connectivity index (χ0v) is 5.52. The van der Waals surface area contributed by atoms with Crippen LogP contribution >= 0.6 is 0 Å². The molecule has 0 spiro atoms. The number of hydrogen-bond acceptors (Lipinski definition) is 2. The Hall–Kier alpha value is -1.19. The van der Waals surface area contributed by atoms with E-state index in [2.05, 4.69) is 9.97 Å². The lowest BCUT2D eigenvalue weighted by Gasteiger charge is -1.92. The summed E-state index contributed by atoms with van der Waals surface area (Å²) in [6.45, 7) is 0.892. The third kappa shape index (κ3) is 1.21. The van der Waals surface area contributed by atoms with Gasteiger partial charge in [-0.15, -0.1) is 0 Å². The van der Waals surface area contributed by atoms with Gasteiger partial charge in [-0.2, -0.15) is 0 Å². The Bertz CT molecular complexity index is 281. The number of aromatic amines is 1. The third-order valence-corrected chi connectivity index (χ3v) is 1.16. The molecule has 0 unspecified atom stereocenters. The minimum Gasteiger partial charge on any atom is -0.308 e. The van der Waals surface area contributed by atoms with Crippen LogP contribution in [0.2, 0.25) is 0 Å². The van der Waals surface area contributed by atoms with Gasteiger partial charge >= 0.3 is 0 Å². The van der Waals surface area contributed by atoms with Gasteiger partial charge in [-0.25, -0.2) is 9.37 Å². The molecule has 0 bridgehead atoms. The van der Waals surface area contributed by atoms with Gasteiger partial charge in [0.25, 0.3) is 5.56 Å². The number of hydrogen-bond donors (Lipinski definition) is 1. The van der Waals surface area contributed by atoms with Gasteiger partial charge in [0.15, 0.2) is 0 Å². The van der Waals surface area contributed by atoms with Gasteiger partial charge in [0.1, 0.15) is 12.5 Å². The Labute approximate surface area is 56.9 Å². The molecule has 1 N–H and O–H groups in total. The fourth-order valence-electron chi connectivity index (χ4n) is 0.563. The van der Waals surface area contributed by atoms with Crippen molar-refractivity contribution < 1.29 is 4.39 Å². The highest BCUT2D eigenvalue weighted by Crippen LogP contribution is 1.88. The predicted molar refractivity (Wildman–Crippen MR) is 34.4 cm³/mol. The van der Waals surface area contributed by atoms with Crippen molar-refractivity contribution in [2.75, 3.05) is 0 Å². The first-order chi connectivity index (χ1) is 4.74. The summed E-state index contributed by atoms with van der Waals surface area (Å²) in [5, 5.41) is 0. The summed E-state index contributed by atoms with van der Waals surface area (Å²) >= 11 is 0. The number of aromatic nitrogens is 2. The number of nitrogens with zero attached hydrogens (tertiary/aromatic N) is 1. The summed E-state index contributed by atoms with van der Waals surface area (Å²) < 4.78 is 11.8. The maximum absolute atomic E-state index is 11.8. The third-order valence-electron chi connectivity index (χ3n) is 1.16. The molecule has 0 atom stereocenters. The zero-order chi connectivity index (χ0) is 7.56. The van der Waals surface area contributed by atoms with Crippen LogP contribution in [-0.4, -0.2) is 9.97 Å². The van der Waals surface area contributed by atoms with Gasteiger partial charge in [0.2, 0.25) is 0 Å². The van der Waals surface area contributed by atoms with Crippen LogP contribution in [0.25, 0.3) is 0 Å². The summed E-state index contributed by atoms with van der Waals surface area (Å²) in [4.78, 5) is 16.6. The first-order valence-electron chi connectivity index (χ1n) is 2.85. The van der Waals surface area contributed by atoms with Crippen LogP contribution in [0.1, 0.15) is 11.4 Å². The van der Waals surface area contributed by atoms with E-state index in [0.29, 0.717) is 5.56 Å². The summed E-state index contributed by atoms with van der Waals surface area (Å²) in [5.74, 6) is 0.0793. The van der Waals surface area contributed by atoms with Gasteiger partial charge in [0, 0.05) is 11.8 Å². The standard InChI is InChI=1S/C6H7FN2O/c1-4-3-8-5(2-7)9-6(4)10/h3H,2H2,1H3,(H,8,9,10). The Balaban J connectivity index is 3.17. The molecule has 0 aliphatic heterocycles. The second kappa shape index (κ2) is 2.60. The van der Waals surface area contributed by atoms with Crippen molar-refractivity contribution in [3.8, 4) is 0 Å². The summed E-state index contributed by atoms with van der Waals surface area (Å²) in [7, 11) is 0. The van der Waals surface area contributed by atoms with Crippen LogP contribution < -0.4 is 5.56 Å². The fraction of sp³-hybridized carbons (Fsp3) is 0.333. The second-order valence-corrected chi connectivity index (χ2v) is 1.98. The van der Waals surface area contributed by atoms with Crippen molar-refractivity contribution in [3.63, 3.8) is 0 Å². The maximum atomic E-state index is 11.8. The molecule has 3 nitrogen and oxygen atoms in total. The number of alkyl halides is 1. The Morgan fingerprint density at radius 2 is 2.50 bits per heavy atom. The van der Waals surface area contributed by atoms with Gasteiger partial charge in [-0.1, -0.05) is 0 Å². The van der Waals surface area contributed by atoms with Crippen molar-refractivity contribution in [3.05, 3.63) is 27.9 Å². The molecule has 1 rings (SSSR count). The second-order valence-electron chi connectivity index (χ2n) is 1.98. The number of rotatable bonds is 1. The lowest BCUT2D eigenvalue weighted by molar-refractivity contribution is 0.464. The molecule has 4 heteroatoms. The lowest BCUT2D eigenvalue weighted by Crippen LogP contribution is -2.12. The van der Waals surface area contributed by atoms with Crippen molar-refractivity contribution in [1.82, 2.24) is 9.97 Å². The van der Waals surface area contributed by atoms with E-state index in [1.807, 2.05) is 0 Å². The van der Waals surface area contributed by atoms with Crippen LogP contribution in [0.4, 0.5) is 4.39 Å². The number of halogens is 1. The van der Waals surface area contributed by atoms with E-state index >= 15 is 0 Å². The number of H-pyrrole nitrogens is 1. The highest BCUT2D eigenvalue weighted by molar-refractivity contribution is 5.01. The molecular formula is C6H7FN2O. The van der Waals surface area contributed by atoms with Crippen LogP contribution in [0.5, 0.6) is 0 Å². The van der Waals surface area contributed by atoms with Gasteiger partial charge in [0.05, 0.1) is 0 Å². The van der Waals surface area contributed by atoms with Gasteiger partial charge in [-0.3, -0.25) is 4.79 Å². The topological polar surface area (TPSA) is 45.8 Å². The minimum absolute atomic E-state index is 0.0793. The van der Waals surface area contributed by atoms with Crippen molar-refractivity contribution in [1.29, 1.82) is 0 Å². The molecule has 1 aromatic rings. The highest BCUT2D eigenvalue weighted by Gasteiger charge is 1.95. The molecule has 0 aromatic carbocycles. The minimum atomic E-state index is -0.727. The van der Waals surface area contributed by atoms with Crippen LogP contribution in [0.15, 0.2) is 11.0 Å². The maximum Gasteiger partial charge on any atom is 0.253 e. The number of aryl methyl sites for hydroxylation is 1. The molecule has 0 saturated carbocycles. The van der Waals surface area contributed by atoms with Gasteiger partial charge in [-0.05, 0) is 6.92 Å². The molecule has 54 valence electrons. The monoisotopic (exact) mass is 142 g/mol. The normalized spacial score (nSPS) is 9.80. The van der Waals surface area contributed by atoms with Crippen LogP contribution in [0, 0.1) is 6.92 Å².